The second kappa shape index (κ2) is 7.27. The number of benzene rings is 1. The summed E-state index contributed by atoms with van der Waals surface area (Å²) in [6.45, 7) is 3.96. The van der Waals surface area contributed by atoms with Crippen molar-refractivity contribution in [3.63, 3.8) is 0 Å². The van der Waals surface area contributed by atoms with Crippen molar-refractivity contribution in [2.75, 3.05) is 0 Å². The molecule has 0 aliphatic heterocycles. The van der Waals surface area contributed by atoms with Gasteiger partial charge in [0.1, 0.15) is 0 Å². The molecular formula is C20H26N2O3S. The molecule has 1 aliphatic carbocycles. The zero-order valence-electron chi connectivity index (χ0n) is 15.6. The molecule has 1 saturated carbocycles. The summed E-state index contributed by atoms with van der Waals surface area (Å²) in [6.07, 6.45) is 4.39. The Balaban J connectivity index is 1.71. The molecule has 0 unspecified atom stereocenters. The summed E-state index contributed by atoms with van der Waals surface area (Å²) in [4.78, 5) is 15.1. The van der Waals surface area contributed by atoms with Gasteiger partial charge >= 0.3 is 0 Å². The van der Waals surface area contributed by atoms with Gasteiger partial charge in [-0.25, -0.2) is 8.42 Å². The molecule has 3 rings (SSSR count). The molecule has 1 aromatic heterocycles. The number of sulfone groups is 1. The first kappa shape index (κ1) is 18.7. The number of aromatic nitrogens is 1. The van der Waals surface area contributed by atoms with Crippen LogP contribution in [0.2, 0.25) is 0 Å². The molecule has 6 heteroatoms. The van der Waals surface area contributed by atoms with Crippen LogP contribution in [0.4, 0.5) is 0 Å². The Bertz CT molecular complexity index is 878. The van der Waals surface area contributed by atoms with E-state index in [2.05, 4.69) is 0 Å². The van der Waals surface area contributed by atoms with Crippen molar-refractivity contribution in [2.45, 2.75) is 55.8 Å². The van der Waals surface area contributed by atoms with Crippen LogP contribution in [-0.2, 0) is 34.6 Å². The molecule has 1 amide bonds. The van der Waals surface area contributed by atoms with Crippen LogP contribution in [0.1, 0.15) is 37.9 Å². The molecule has 0 bridgehead atoms. The first-order valence-corrected chi connectivity index (χ1v) is 10.6. The van der Waals surface area contributed by atoms with Gasteiger partial charge in [-0.15, -0.1) is 0 Å². The van der Waals surface area contributed by atoms with E-state index in [1.165, 1.54) is 0 Å². The van der Waals surface area contributed by atoms with Crippen LogP contribution in [0.3, 0.4) is 0 Å². The predicted molar refractivity (Wildman–Crippen MR) is 101 cm³/mol. The highest BCUT2D eigenvalue weighted by Gasteiger charge is 2.32. The summed E-state index contributed by atoms with van der Waals surface area (Å²) >= 11 is 0. The summed E-state index contributed by atoms with van der Waals surface area (Å²) in [7, 11) is -1.29. The van der Waals surface area contributed by atoms with Gasteiger partial charge in [0, 0.05) is 25.0 Å². The van der Waals surface area contributed by atoms with E-state index in [1.54, 1.807) is 38.1 Å². The quantitative estimate of drug-likeness (QED) is 0.749. The van der Waals surface area contributed by atoms with Crippen LogP contribution in [-0.4, -0.2) is 35.1 Å². The Kier molecular flexibility index (Phi) is 5.23. The summed E-state index contributed by atoms with van der Waals surface area (Å²) in [5, 5.41) is -0.453. The minimum Gasteiger partial charge on any atom is -0.353 e. The highest BCUT2D eigenvalue weighted by Crippen LogP contribution is 2.29. The Morgan fingerprint density at radius 1 is 1.19 bits per heavy atom. The van der Waals surface area contributed by atoms with E-state index >= 15 is 0 Å². The standard InChI is InChI=1S/C20H26N2O3S/c1-15(2)26(24,25)19-10-6-16(7-11-19)13-20(23)22(17-8-9-17)14-18-5-4-12-21(18)3/h4-7,10-12,15,17H,8-9,13-14H2,1-3H3. The summed E-state index contributed by atoms with van der Waals surface area (Å²) in [5.41, 5.74) is 1.96. The highest BCUT2D eigenvalue weighted by atomic mass is 32.2. The maximum atomic E-state index is 12.8. The first-order chi connectivity index (χ1) is 12.3. The fourth-order valence-electron chi connectivity index (χ4n) is 2.99. The molecule has 5 nitrogen and oxygen atoms in total. The maximum Gasteiger partial charge on any atom is 0.227 e. The van der Waals surface area contributed by atoms with Gasteiger partial charge in [-0.05, 0) is 56.5 Å². The van der Waals surface area contributed by atoms with Gasteiger partial charge in [0.25, 0.3) is 0 Å². The first-order valence-electron chi connectivity index (χ1n) is 9.01. The van der Waals surface area contributed by atoms with Crippen LogP contribution in [0, 0.1) is 0 Å². The molecule has 0 atom stereocenters. The lowest BCUT2D eigenvalue weighted by Gasteiger charge is -2.23. The van der Waals surface area contributed by atoms with Crippen LogP contribution in [0.5, 0.6) is 0 Å². The minimum atomic E-state index is -3.28. The molecule has 26 heavy (non-hydrogen) atoms. The fourth-order valence-corrected chi connectivity index (χ4v) is 4.05. The lowest BCUT2D eigenvalue weighted by molar-refractivity contribution is -0.131. The van der Waals surface area contributed by atoms with E-state index in [0.717, 1.165) is 24.1 Å². The predicted octanol–water partition coefficient (Wildman–Crippen LogP) is 2.94. The zero-order chi connectivity index (χ0) is 18.9. The number of carbonyl (C=O) groups excluding carboxylic acids is 1. The molecular weight excluding hydrogens is 348 g/mol. The van der Waals surface area contributed by atoms with E-state index < -0.39 is 15.1 Å². The molecule has 0 saturated heterocycles. The smallest absolute Gasteiger partial charge is 0.227 e. The third kappa shape index (κ3) is 4.01. The summed E-state index contributed by atoms with van der Waals surface area (Å²) < 4.78 is 26.4. The van der Waals surface area contributed by atoms with Gasteiger partial charge in [0.15, 0.2) is 9.84 Å². The molecule has 1 aliphatic rings. The number of amides is 1. The third-order valence-corrected chi connectivity index (χ3v) is 7.09. The minimum absolute atomic E-state index is 0.0909. The molecule has 1 fully saturated rings. The molecule has 1 heterocycles. The van der Waals surface area contributed by atoms with Gasteiger partial charge < -0.3 is 9.47 Å². The SMILES string of the molecule is CC(C)S(=O)(=O)c1ccc(CC(=O)N(Cc2cccn2C)C2CC2)cc1. The van der Waals surface area contributed by atoms with Crippen molar-refractivity contribution in [2.24, 2.45) is 7.05 Å². The van der Waals surface area contributed by atoms with Gasteiger partial charge in [-0.3, -0.25) is 4.79 Å². The van der Waals surface area contributed by atoms with Crippen molar-refractivity contribution in [3.8, 4) is 0 Å². The van der Waals surface area contributed by atoms with Crippen LogP contribution in [0.25, 0.3) is 0 Å². The Labute approximate surface area is 155 Å². The molecule has 1 aromatic carbocycles. The molecule has 0 radical (unpaired) electrons. The average molecular weight is 375 g/mol. The van der Waals surface area contributed by atoms with Gasteiger partial charge in [-0.2, -0.15) is 0 Å². The maximum absolute atomic E-state index is 12.8. The fraction of sp³-hybridized carbons (Fsp3) is 0.450. The number of hydrogen-bond acceptors (Lipinski definition) is 3. The number of hydrogen-bond donors (Lipinski definition) is 0. The van der Waals surface area contributed by atoms with Crippen LogP contribution in [0.15, 0.2) is 47.5 Å². The molecule has 0 N–H and O–H groups in total. The Hall–Kier alpha value is -2.08. The Morgan fingerprint density at radius 3 is 2.35 bits per heavy atom. The van der Waals surface area contributed by atoms with E-state index in [1.807, 2.05) is 34.8 Å². The van der Waals surface area contributed by atoms with E-state index in [-0.39, 0.29) is 5.91 Å². The highest BCUT2D eigenvalue weighted by molar-refractivity contribution is 7.92. The topological polar surface area (TPSA) is 59.4 Å². The number of aryl methyl sites for hydroxylation is 1. The molecule has 0 spiro atoms. The van der Waals surface area contributed by atoms with Crippen LogP contribution < -0.4 is 0 Å². The molecule has 140 valence electrons. The monoisotopic (exact) mass is 374 g/mol. The summed E-state index contributed by atoms with van der Waals surface area (Å²) in [6, 6.07) is 11.1. The van der Waals surface area contributed by atoms with Gasteiger partial charge in [0.05, 0.1) is 23.1 Å². The second-order valence-electron chi connectivity index (χ2n) is 7.28. The van der Waals surface area contributed by atoms with Crippen molar-refractivity contribution < 1.29 is 13.2 Å². The van der Waals surface area contributed by atoms with Gasteiger partial charge in [0.2, 0.25) is 5.91 Å². The number of carbonyl (C=O) groups is 1. The third-order valence-electron chi connectivity index (χ3n) is 4.92. The average Bonchev–Trinajstić information content (AvgIpc) is 3.35. The van der Waals surface area contributed by atoms with Crippen molar-refractivity contribution in [1.82, 2.24) is 9.47 Å². The van der Waals surface area contributed by atoms with E-state index in [0.29, 0.717) is 23.9 Å². The normalized spacial score (nSPS) is 14.6. The van der Waals surface area contributed by atoms with Gasteiger partial charge in [-0.1, -0.05) is 12.1 Å². The lowest BCUT2D eigenvalue weighted by Crippen LogP contribution is -2.34. The second-order valence-corrected chi connectivity index (χ2v) is 9.78. The Morgan fingerprint density at radius 2 is 1.85 bits per heavy atom. The van der Waals surface area contributed by atoms with Crippen molar-refractivity contribution in [1.29, 1.82) is 0 Å². The van der Waals surface area contributed by atoms with Crippen LogP contribution >= 0.6 is 0 Å². The van der Waals surface area contributed by atoms with E-state index in [4.69, 9.17) is 0 Å². The lowest BCUT2D eigenvalue weighted by atomic mass is 10.1. The largest absolute Gasteiger partial charge is 0.353 e. The number of rotatable bonds is 7. The summed E-state index contributed by atoms with van der Waals surface area (Å²) in [5.74, 6) is 0.0909. The molecule has 2 aromatic rings. The van der Waals surface area contributed by atoms with Crippen molar-refractivity contribution in [3.05, 3.63) is 53.9 Å². The van der Waals surface area contributed by atoms with E-state index in [9.17, 15) is 13.2 Å². The number of nitrogens with zero attached hydrogens (tertiary/aromatic N) is 2. The zero-order valence-corrected chi connectivity index (χ0v) is 16.4. The van der Waals surface area contributed by atoms with Crippen molar-refractivity contribution >= 4 is 15.7 Å².